The Morgan fingerprint density at radius 2 is 1.76 bits per heavy atom. The summed E-state index contributed by atoms with van der Waals surface area (Å²) < 4.78 is 7.31. The van der Waals surface area contributed by atoms with Crippen molar-refractivity contribution in [2.45, 2.75) is 13.8 Å². The Kier molecular flexibility index (Phi) is 3.65. The molecule has 0 spiro atoms. The molecular weight excluding hydrogens is 314 g/mol. The zero-order chi connectivity index (χ0) is 17.4. The molecule has 3 aromatic heterocycles. The van der Waals surface area contributed by atoms with E-state index in [2.05, 4.69) is 32.3 Å². The monoisotopic (exact) mass is 331 g/mol. The maximum atomic E-state index is 5.50. The standard InChI is InChI=1S/C19H17N5O/c1-12-8-16(19(20-9-12)24-10-21-22-11-24)14-6-7-17(25-3)18-15(14)5-4-13(2)23-18/h4-11H,1-3H3. The summed E-state index contributed by atoms with van der Waals surface area (Å²) in [5.41, 5.74) is 4.91. The second-order valence-electron chi connectivity index (χ2n) is 5.92. The predicted octanol–water partition coefficient (Wildman–Crippen LogP) is 3.50. The van der Waals surface area contributed by atoms with Gasteiger partial charge in [0.15, 0.2) is 0 Å². The second kappa shape index (κ2) is 5.98. The number of pyridine rings is 2. The van der Waals surface area contributed by atoms with Crippen molar-refractivity contribution < 1.29 is 4.74 Å². The van der Waals surface area contributed by atoms with E-state index in [-0.39, 0.29) is 0 Å². The highest BCUT2D eigenvalue weighted by molar-refractivity contribution is 5.99. The van der Waals surface area contributed by atoms with Crippen LogP contribution in [0.25, 0.3) is 27.8 Å². The topological polar surface area (TPSA) is 65.7 Å². The van der Waals surface area contributed by atoms with Gasteiger partial charge in [-0.1, -0.05) is 6.07 Å². The van der Waals surface area contributed by atoms with Gasteiger partial charge in [-0.25, -0.2) is 9.97 Å². The summed E-state index contributed by atoms with van der Waals surface area (Å²) in [5.74, 6) is 1.54. The van der Waals surface area contributed by atoms with Crippen molar-refractivity contribution in [3.63, 3.8) is 0 Å². The number of aromatic nitrogens is 5. The summed E-state index contributed by atoms with van der Waals surface area (Å²) in [4.78, 5) is 9.27. The largest absolute Gasteiger partial charge is 0.494 e. The average molecular weight is 331 g/mol. The Morgan fingerprint density at radius 1 is 0.960 bits per heavy atom. The van der Waals surface area contributed by atoms with E-state index in [0.717, 1.165) is 44.9 Å². The van der Waals surface area contributed by atoms with Crippen LogP contribution >= 0.6 is 0 Å². The molecule has 0 aliphatic carbocycles. The Hall–Kier alpha value is -3.28. The maximum Gasteiger partial charge on any atom is 0.147 e. The van der Waals surface area contributed by atoms with Crippen LogP contribution in [-0.4, -0.2) is 31.8 Å². The molecule has 0 saturated carbocycles. The molecule has 0 radical (unpaired) electrons. The van der Waals surface area contributed by atoms with Gasteiger partial charge in [0.2, 0.25) is 0 Å². The molecule has 0 unspecified atom stereocenters. The van der Waals surface area contributed by atoms with Gasteiger partial charge in [-0.05, 0) is 49.2 Å². The summed E-state index contributed by atoms with van der Waals surface area (Å²) in [6.45, 7) is 4.00. The van der Waals surface area contributed by atoms with E-state index in [4.69, 9.17) is 4.74 Å². The zero-order valence-electron chi connectivity index (χ0n) is 14.3. The fourth-order valence-electron chi connectivity index (χ4n) is 2.97. The van der Waals surface area contributed by atoms with Gasteiger partial charge in [-0.2, -0.15) is 0 Å². The second-order valence-corrected chi connectivity index (χ2v) is 5.92. The van der Waals surface area contributed by atoms with Crippen LogP contribution in [0.15, 0.2) is 49.2 Å². The maximum absolute atomic E-state index is 5.50. The van der Waals surface area contributed by atoms with Gasteiger partial charge in [-0.15, -0.1) is 10.2 Å². The minimum atomic E-state index is 0.758. The lowest BCUT2D eigenvalue weighted by Gasteiger charge is -2.14. The lowest BCUT2D eigenvalue weighted by Crippen LogP contribution is -2.00. The Balaban J connectivity index is 2.05. The lowest BCUT2D eigenvalue weighted by molar-refractivity contribution is 0.419. The quantitative estimate of drug-likeness (QED) is 0.575. The summed E-state index contributed by atoms with van der Waals surface area (Å²) in [6, 6.07) is 10.2. The first-order valence-corrected chi connectivity index (χ1v) is 7.94. The van der Waals surface area contributed by atoms with Gasteiger partial charge in [-0.3, -0.25) is 4.57 Å². The number of ether oxygens (including phenoxy) is 1. The molecule has 0 atom stereocenters. The van der Waals surface area contributed by atoms with Crippen LogP contribution in [-0.2, 0) is 0 Å². The molecular formula is C19H17N5O. The number of hydrogen-bond donors (Lipinski definition) is 0. The van der Waals surface area contributed by atoms with Crippen LogP contribution in [0.4, 0.5) is 0 Å². The Bertz CT molecular complexity index is 1060. The number of aryl methyl sites for hydroxylation is 2. The van der Waals surface area contributed by atoms with Crippen LogP contribution < -0.4 is 4.74 Å². The number of methoxy groups -OCH3 is 1. The van der Waals surface area contributed by atoms with Crippen LogP contribution in [0.3, 0.4) is 0 Å². The van der Waals surface area contributed by atoms with E-state index < -0.39 is 0 Å². The van der Waals surface area contributed by atoms with Crippen molar-refractivity contribution in [3.05, 3.63) is 60.4 Å². The zero-order valence-corrected chi connectivity index (χ0v) is 14.3. The van der Waals surface area contributed by atoms with Gasteiger partial charge in [0, 0.05) is 22.8 Å². The highest BCUT2D eigenvalue weighted by atomic mass is 16.5. The van der Waals surface area contributed by atoms with Crippen LogP contribution in [0.2, 0.25) is 0 Å². The van der Waals surface area contributed by atoms with E-state index >= 15 is 0 Å². The number of benzene rings is 1. The lowest BCUT2D eigenvalue weighted by atomic mass is 9.99. The fraction of sp³-hybridized carbons (Fsp3) is 0.158. The molecule has 4 rings (SSSR count). The molecule has 0 amide bonds. The first kappa shape index (κ1) is 15.3. The summed E-state index contributed by atoms with van der Waals surface area (Å²) in [5, 5.41) is 8.82. The molecule has 0 bridgehead atoms. The smallest absolute Gasteiger partial charge is 0.147 e. The predicted molar refractivity (Wildman–Crippen MR) is 95.9 cm³/mol. The molecule has 3 heterocycles. The minimum Gasteiger partial charge on any atom is -0.494 e. The number of fused-ring (bicyclic) bond motifs is 1. The van der Waals surface area contributed by atoms with Crippen molar-refractivity contribution in [1.82, 2.24) is 24.7 Å². The molecule has 6 nitrogen and oxygen atoms in total. The molecule has 0 N–H and O–H groups in total. The van der Waals surface area contributed by atoms with Gasteiger partial charge < -0.3 is 4.74 Å². The SMILES string of the molecule is COc1ccc(-c2cc(C)cnc2-n2cnnc2)c2ccc(C)nc12. The van der Waals surface area contributed by atoms with Gasteiger partial charge in [0.1, 0.15) is 29.7 Å². The summed E-state index contributed by atoms with van der Waals surface area (Å²) in [6.07, 6.45) is 5.14. The highest BCUT2D eigenvalue weighted by Gasteiger charge is 2.15. The van der Waals surface area contributed by atoms with E-state index in [1.54, 1.807) is 19.8 Å². The molecule has 0 fully saturated rings. The van der Waals surface area contributed by atoms with E-state index in [9.17, 15) is 0 Å². The first-order valence-electron chi connectivity index (χ1n) is 7.94. The molecule has 0 aliphatic heterocycles. The third-order valence-corrected chi connectivity index (χ3v) is 4.14. The molecule has 6 heteroatoms. The average Bonchev–Trinajstić information content (AvgIpc) is 3.15. The molecule has 124 valence electrons. The summed E-state index contributed by atoms with van der Waals surface area (Å²) >= 11 is 0. The Morgan fingerprint density at radius 3 is 2.52 bits per heavy atom. The highest BCUT2D eigenvalue weighted by Crippen LogP contribution is 2.36. The van der Waals surface area contributed by atoms with Gasteiger partial charge in [0.05, 0.1) is 7.11 Å². The number of nitrogens with zero attached hydrogens (tertiary/aromatic N) is 5. The van der Waals surface area contributed by atoms with E-state index in [0.29, 0.717) is 0 Å². The van der Waals surface area contributed by atoms with Gasteiger partial charge >= 0.3 is 0 Å². The molecule has 1 aromatic carbocycles. The minimum absolute atomic E-state index is 0.758. The Labute approximate surface area is 145 Å². The third kappa shape index (κ3) is 2.61. The van der Waals surface area contributed by atoms with Crippen molar-refractivity contribution in [1.29, 1.82) is 0 Å². The fourth-order valence-corrected chi connectivity index (χ4v) is 2.97. The van der Waals surface area contributed by atoms with Crippen LogP contribution in [0, 0.1) is 13.8 Å². The molecule has 4 aromatic rings. The number of rotatable bonds is 3. The number of hydrogen-bond acceptors (Lipinski definition) is 5. The first-order chi connectivity index (χ1) is 12.2. The molecule has 0 saturated heterocycles. The van der Waals surface area contributed by atoms with Crippen LogP contribution in [0.1, 0.15) is 11.3 Å². The molecule has 0 aliphatic rings. The van der Waals surface area contributed by atoms with Crippen molar-refractivity contribution >= 4 is 10.9 Å². The van der Waals surface area contributed by atoms with E-state index in [1.165, 1.54) is 0 Å². The van der Waals surface area contributed by atoms with Crippen molar-refractivity contribution in [2.24, 2.45) is 0 Å². The van der Waals surface area contributed by atoms with Gasteiger partial charge in [0.25, 0.3) is 0 Å². The third-order valence-electron chi connectivity index (χ3n) is 4.14. The van der Waals surface area contributed by atoms with Crippen molar-refractivity contribution in [3.8, 4) is 22.7 Å². The van der Waals surface area contributed by atoms with E-state index in [1.807, 2.05) is 42.8 Å². The normalized spacial score (nSPS) is 11.0. The molecule has 25 heavy (non-hydrogen) atoms. The van der Waals surface area contributed by atoms with Crippen LogP contribution in [0.5, 0.6) is 5.75 Å². The summed E-state index contributed by atoms with van der Waals surface area (Å²) in [7, 11) is 1.66. The van der Waals surface area contributed by atoms with Crippen molar-refractivity contribution in [2.75, 3.05) is 7.11 Å².